The lowest BCUT2D eigenvalue weighted by molar-refractivity contribution is -0.123. The lowest BCUT2D eigenvalue weighted by Crippen LogP contribution is -2.34. The van der Waals surface area contributed by atoms with Crippen molar-refractivity contribution in [2.45, 2.75) is 26.7 Å². The summed E-state index contributed by atoms with van der Waals surface area (Å²) in [6, 6.07) is 5.87. The van der Waals surface area contributed by atoms with Gasteiger partial charge in [0.2, 0.25) is 11.8 Å². The first-order chi connectivity index (χ1) is 10.5. The van der Waals surface area contributed by atoms with Crippen LogP contribution in [0.1, 0.15) is 24.0 Å². The smallest absolute Gasteiger partial charge is 0.238 e. The first-order valence-electron chi connectivity index (χ1n) is 8.18. The number of carbonyl (C=O) groups excluding carboxylic acids is 2. The molecule has 0 N–H and O–H groups in total. The number of benzene rings is 1. The molecule has 2 amide bonds. The third-order valence-corrected chi connectivity index (χ3v) is 6.60. The quantitative estimate of drug-likeness (QED) is 0.589. The molecule has 1 aromatic rings. The van der Waals surface area contributed by atoms with E-state index in [-0.39, 0.29) is 29.1 Å². The molecule has 1 saturated heterocycles. The Morgan fingerprint density at radius 2 is 1.55 bits per heavy atom. The molecule has 2 saturated carbocycles. The maximum Gasteiger partial charge on any atom is 0.238 e. The molecular formula is C19H19NO2. The summed E-state index contributed by atoms with van der Waals surface area (Å²) in [4.78, 5) is 27.4. The van der Waals surface area contributed by atoms with Crippen molar-refractivity contribution < 1.29 is 9.59 Å². The highest BCUT2D eigenvalue weighted by atomic mass is 16.2. The zero-order chi connectivity index (χ0) is 15.2. The Labute approximate surface area is 130 Å². The van der Waals surface area contributed by atoms with Gasteiger partial charge in [-0.25, -0.2) is 0 Å². The van der Waals surface area contributed by atoms with Crippen molar-refractivity contribution in [3.8, 4) is 0 Å². The Morgan fingerprint density at radius 3 is 2.05 bits per heavy atom. The number of nitrogens with zero attached hydrogens (tertiary/aromatic N) is 1. The van der Waals surface area contributed by atoms with Crippen LogP contribution in [0.3, 0.4) is 0 Å². The molecule has 0 unspecified atom stereocenters. The molecule has 4 aliphatic rings. The Hall–Kier alpha value is -1.90. The van der Waals surface area contributed by atoms with Crippen LogP contribution in [-0.2, 0) is 9.59 Å². The molecule has 0 radical (unpaired) electrons. The average molecular weight is 293 g/mol. The first kappa shape index (κ1) is 12.6. The SMILES string of the molecule is Cc1ccc(N2C(=O)[C@@H]3[C@H](C2=O)[C@H]2C=C[C@@H]3C23CC3)cc1C. The molecule has 1 aliphatic heterocycles. The van der Waals surface area contributed by atoms with E-state index < -0.39 is 0 Å². The summed E-state index contributed by atoms with van der Waals surface area (Å²) in [5.74, 6) is 0.451. The number of hydrogen-bond donors (Lipinski definition) is 0. The molecule has 1 aromatic carbocycles. The second kappa shape index (κ2) is 3.70. The number of imide groups is 1. The number of allylic oxidation sites excluding steroid dienone is 2. The summed E-state index contributed by atoms with van der Waals surface area (Å²) in [5.41, 5.74) is 3.32. The van der Waals surface area contributed by atoms with Gasteiger partial charge in [-0.05, 0) is 67.2 Å². The van der Waals surface area contributed by atoms with Gasteiger partial charge in [0.25, 0.3) is 0 Å². The van der Waals surface area contributed by atoms with Crippen LogP contribution in [0.25, 0.3) is 0 Å². The fourth-order valence-electron chi connectivity index (χ4n) is 5.20. The molecule has 2 bridgehead atoms. The molecule has 4 atom stereocenters. The number of amides is 2. The molecule has 3 fully saturated rings. The minimum atomic E-state index is -0.105. The second-order valence-corrected chi connectivity index (χ2v) is 7.50. The van der Waals surface area contributed by atoms with Crippen LogP contribution in [-0.4, -0.2) is 11.8 Å². The maximum atomic E-state index is 13.0. The number of fused-ring (bicyclic) bond motifs is 3. The van der Waals surface area contributed by atoms with Crippen LogP contribution in [0, 0.1) is 42.9 Å². The predicted molar refractivity (Wildman–Crippen MR) is 83.2 cm³/mol. The standard InChI is InChI=1S/C19H19NO2/c1-10-3-4-12(9-11(10)2)20-17(21)15-13-5-6-14(16(15)18(20)22)19(13)7-8-19/h3-6,9,13-16H,7-8H2,1-2H3/t13-,14+,15-,16+. The highest BCUT2D eigenvalue weighted by Crippen LogP contribution is 2.73. The molecule has 1 heterocycles. The summed E-state index contributed by atoms with van der Waals surface area (Å²) in [7, 11) is 0. The highest BCUT2D eigenvalue weighted by molar-refractivity contribution is 6.23. The van der Waals surface area contributed by atoms with E-state index in [1.165, 1.54) is 23.3 Å². The summed E-state index contributed by atoms with van der Waals surface area (Å²) in [6.07, 6.45) is 6.81. The number of rotatable bonds is 1. The van der Waals surface area contributed by atoms with Gasteiger partial charge in [-0.3, -0.25) is 14.5 Å². The van der Waals surface area contributed by atoms with Crippen LogP contribution in [0.15, 0.2) is 30.4 Å². The van der Waals surface area contributed by atoms with E-state index in [0.717, 1.165) is 11.3 Å². The Bertz CT molecular complexity index is 725. The molecule has 1 spiro atoms. The molecule has 0 aromatic heterocycles. The fourth-order valence-corrected chi connectivity index (χ4v) is 5.20. The van der Waals surface area contributed by atoms with Crippen molar-refractivity contribution in [1.82, 2.24) is 0 Å². The summed E-state index contributed by atoms with van der Waals surface area (Å²) < 4.78 is 0. The second-order valence-electron chi connectivity index (χ2n) is 7.50. The number of hydrogen-bond acceptors (Lipinski definition) is 2. The molecule has 22 heavy (non-hydrogen) atoms. The largest absolute Gasteiger partial charge is 0.274 e. The normalized spacial score (nSPS) is 36.5. The summed E-state index contributed by atoms with van der Waals surface area (Å²) in [6.45, 7) is 4.07. The molecule has 3 aliphatic carbocycles. The average Bonchev–Trinajstić information content (AvgIpc) is 3.08. The van der Waals surface area contributed by atoms with Crippen molar-refractivity contribution in [1.29, 1.82) is 0 Å². The molecule has 5 rings (SSSR count). The van der Waals surface area contributed by atoms with Gasteiger partial charge in [0.15, 0.2) is 0 Å². The Balaban J connectivity index is 1.57. The topological polar surface area (TPSA) is 37.4 Å². The van der Waals surface area contributed by atoms with E-state index in [9.17, 15) is 9.59 Å². The van der Waals surface area contributed by atoms with E-state index in [0.29, 0.717) is 11.8 Å². The molecule has 112 valence electrons. The molecule has 3 nitrogen and oxygen atoms in total. The van der Waals surface area contributed by atoms with Crippen LogP contribution in [0.2, 0.25) is 0 Å². The predicted octanol–water partition coefficient (Wildman–Crippen LogP) is 3.01. The summed E-state index contributed by atoms with van der Waals surface area (Å²) in [5, 5.41) is 0. The minimum absolute atomic E-state index is 0.0291. The van der Waals surface area contributed by atoms with Crippen LogP contribution in [0.5, 0.6) is 0 Å². The van der Waals surface area contributed by atoms with Crippen LogP contribution < -0.4 is 4.90 Å². The zero-order valence-electron chi connectivity index (χ0n) is 12.9. The van der Waals surface area contributed by atoms with Crippen molar-refractivity contribution in [2.75, 3.05) is 4.90 Å². The first-order valence-corrected chi connectivity index (χ1v) is 8.18. The maximum absolute atomic E-state index is 13.0. The lowest BCUT2D eigenvalue weighted by Gasteiger charge is -2.22. The van der Waals surface area contributed by atoms with E-state index >= 15 is 0 Å². The van der Waals surface area contributed by atoms with Crippen molar-refractivity contribution in [3.05, 3.63) is 41.5 Å². The number of anilines is 1. The highest BCUT2D eigenvalue weighted by Gasteiger charge is 2.73. The van der Waals surface area contributed by atoms with E-state index in [2.05, 4.69) is 12.2 Å². The van der Waals surface area contributed by atoms with Gasteiger partial charge in [0.05, 0.1) is 17.5 Å². The van der Waals surface area contributed by atoms with Gasteiger partial charge in [-0.1, -0.05) is 18.2 Å². The molecular weight excluding hydrogens is 274 g/mol. The van der Waals surface area contributed by atoms with Gasteiger partial charge in [0.1, 0.15) is 0 Å². The third-order valence-electron chi connectivity index (χ3n) is 6.60. The van der Waals surface area contributed by atoms with E-state index in [1.54, 1.807) is 0 Å². The van der Waals surface area contributed by atoms with Crippen LogP contribution in [0.4, 0.5) is 5.69 Å². The van der Waals surface area contributed by atoms with Crippen molar-refractivity contribution >= 4 is 17.5 Å². The van der Waals surface area contributed by atoms with Gasteiger partial charge in [-0.15, -0.1) is 0 Å². The lowest BCUT2D eigenvalue weighted by atomic mass is 9.85. The van der Waals surface area contributed by atoms with E-state index in [1.807, 2.05) is 32.0 Å². The fraction of sp³-hybridized carbons (Fsp3) is 0.474. The third kappa shape index (κ3) is 1.25. The van der Waals surface area contributed by atoms with Crippen molar-refractivity contribution in [3.63, 3.8) is 0 Å². The molecule has 3 heteroatoms. The van der Waals surface area contributed by atoms with Gasteiger partial charge >= 0.3 is 0 Å². The number of aryl methyl sites for hydroxylation is 2. The van der Waals surface area contributed by atoms with E-state index in [4.69, 9.17) is 0 Å². The Kier molecular flexibility index (Phi) is 2.13. The van der Waals surface area contributed by atoms with Gasteiger partial charge in [0, 0.05) is 0 Å². The minimum Gasteiger partial charge on any atom is -0.274 e. The number of carbonyl (C=O) groups is 2. The summed E-state index contributed by atoms with van der Waals surface area (Å²) >= 11 is 0. The monoisotopic (exact) mass is 293 g/mol. The Morgan fingerprint density at radius 1 is 0.955 bits per heavy atom. The zero-order valence-corrected chi connectivity index (χ0v) is 12.9. The van der Waals surface area contributed by atoms with Gasteiger partial charge in [-0.2, -0.15) is 0 Å². The van der Waals surface area contributed by atoms with Gasteiger partial charge < -0.3 is 0 Å². The van der Waals surface area contributed by atoms with Crippen molar-refractivity contribution in [2.24, 2.45) is 29.1 Å². The van der Waals surface area contributed by atoms with Crippen LogP contribution >= 0.6 is 0 Å².